The Kier molecular flexibility index (Phi) is 3.15. The first-order valence-electron chi connectivity index (χ1n) is 6.28. The molecule has 0 atom stereocenters. The van der Waals surface area contributed by atoms with E-state index in [0.717, 1.165) is 6.42 Å². The van der Waals surface area contributed by atoms with Crippen molar-refractivity contribution in [1.29, 1.82) is 0 Å². The van der Waals surface area contributed by atoms with Gasteiger partial charge in [-0.15, -0.1) is 0 Å². The number of rotatable bonds is 3. The molecule has 0 radical (unpaired) electrons. The standard InChI is InChI=1S/C11H20BN3O3/c1-6-7-15-9(16)14(8-13-15)12-17-10(2,3)11(4,5)18-12/h8H,6-7H2,1-5H3. The minimum atomic E-state index is -0.701. The van der Waals surface area contributed by atoms with Crippen LogP contribution in [0.3, 0.4) is 0 Å². The quantitative estimate of drug-likeness (QED) is 0.750. The van der Waals surface area contributed by atoms with Gasteiger partial charge in [-0.05, 0) is 34.1 Å². The summed E-state index contributed by atoms with van der Waals surface area (Å²) in [4.78, 5) is 12.1. The Morgan fingerprint density at radius 2 is 1.83 bits per heavy atom. The average molecular weight is 253 g/mol. The minimum absolute atomic E-state index is 0.199. The van der Waals surface area contributed by atoms with Crippen molar-refractivity contribution in [2.24, 2.45) is 0 Å². The van der Waals surface area contributed by atoms with E-state index >= 15 is 0 Å². The summed E-state index contributed by atoms with van der Waals surface area (Å²) in [6.45, 7) is 10.4. The molecule has 6 nitrogen and oxygen atoms in total. The summed E-state index contributed by atoms with van der Waals surface area (Å²) >= 11 is 0. The molecule has 0 aliphatic carbocycles. The summed E-state index contributed by atoms with van der Waals surface area (Å²) in [6, 6.07) is 0. The predicted molar refractivity (Wildman–Crippen MR) is 68.3 cm³/mol. The van der Waals surface area contributed by atoms with Gasteiger partial charge in [0.2, 0.25) is 0 Å². The minimum Gasteiger partial charge on any atom is -0.384 e. The fourth-order valence-electron chi connectivity index (χ4n) is 1.79. The number of hydrogen-bond acceptors (Lipinski definition) is 4. The van der Waals surface area contributed by atoms with Crippen molar-refractivity contribution in [3.8, 4) is 0 Å². The van der Waals surface area contributed by atoms with Gasteiger partial charge in [0.15, 0.2) is 0 Å². The van der Waals surface area contributed by atoms with Gasteiger partial charge in [-0.2, -0.15) is 5.10 Å². The number of hydrogen-bond donors (Lipinski definition) is 0. The molecule has 0 bridgehead atoms. The van der Waals surface area contributed by atoms with Gasteiger partial charge < -0.3 is 9.31 Å². The summed E-state index contributed by atoms with van der Waals surface area (Å²) in [5, 5.41) is 4.05. The zero-order chi connectivity index (χ0) is 13.6. The molecule has 1 fully saturated rings. The van der Waals surface area contributed by atoms with E-state index in [0.29, 0.717) is 6.54 Å². The summed E-state index contributed by atoms with van der Waals surface area (Å²) in [5.41, 5.74) is -1.11. The van der Waals surface area contributed by atoms with E-state index in [9.17, 15) is 4.79 Å². The Balaban J connectivity index is 2.28. The number of aryl methyl sites for hydroxylation is 1. The average Bonchev–Trinajstić information content (AvgIpc) is 2.68. The van der Waals surface area contributed by atoms with E-state index in [1.165, 1.54) is 15.5 Å². The zero-order valence-electron chi connectivity index (χ0n) is 11.6. The summed E-state index contributed by atoms with van der Waals surface area (Å²) in [5.74, 6) is 0. The maximum absolute atomic E-state index is 12.1. The van der Waals surface area contributed by atoms with Crippen LogP contribution in [0, 0.1) is 0 Å². The monoisotopic (exact) mass is 253 g/mol. The fraction of sp³-hybridized carbons (Fsp3) is 0.818. The highest BCUT2D eigenvalue weighted by Crippen LogP contribution is 2.36. The van der Waals surface area contributed by atoms with Crippen LogP contribution in [0.4, 0.5) is 0 Å². The van der Waals surface area contributed by atoms with Crippen LogP contribution in [-0.2, 0) is 15.9 Å². The van der Waals surface area contributed by atoms with Crippen LogP contribution in [0.2, 0.25) is 0 Å². The van der Waals surface area contributed by atoms with Crippen molar-refractivity contribution in [3.63, 3.8) is 0 Å². The highest BCUT2D eigenvalue weighted by Gasteiger charge is 2.53. The first-order chi connectivity index (χ1) is 8.28. The molecule has 1 aliphatic rings. The molecule has 0 aromatic carbocycles. The molecule has 1 aromatic heterocycles. The first kappa shape index (κ1) is 13.4. The van der Waals surface area contributed by atoms with Crippen molar-refractivity contribution in [2.75, 3.05) is 0 Å². The highest BCUT2D eigenvalue weighted by molar-refractivity contribution is 6.43. The molecule has 0 saturated carbocycles. The van der Waals surface area contributed by atoms with Crippen LogP contribution in [0.25, 0.3) is 0 Å². The Bertz CT molecular complexity index is 476. The lowest BCUT2D eigenvalue weighted by Gasteiger charge is -2.32. The van der Waals surface area contributed by atoms with Crippen LogP contribution in [0.15, 0.2) is 11.1 Å². The molecule has 18 heavy (non-hydrogen) atoms. The third kappa shape index (κ3) is 2.01. The molecular weight excluding hydrogens is 233 g/mol. The zero-order valence-corrected chi connectivity index (χ0v) is 11.6. The number of nitrogens with zero attached hydrogens (tertiary/aromatic N) is 3. The Morgan fingerprint density at radius 1 is 1.28 bits per heavy atom. The molecule has 0 N–H and O–H groups in total. The maximum Gasteiger partial charge on any atom is 0.603 e. The third-order valence-corrected chi connectivity index (χ3v) is 3.66. The Labute approximate surface area is 107 Å². The van der Waals surface area contributed by atoms with Gasteiger partial charge >= 0.3 is 12.9 Å². The molecule has 1 aromatic rings. The van der Waals surface area contributed by atoms with Gasteiger partial charge in [-0.3, -0.25) is 4.48 Å². The van der Waals surface area contributed by atoms with E-state index in [2.05, 4.69) is 5.10 Å². The summed E-state index contributed by atoms with van der Waals surface area (Å²) in [6.07, 6.45) is 2.33. The Hall–Kier alpha value is -1.08. The molecule has 1 saturated heterocycles. The van der Waals surface area contributed by atoms with E-state index in [1.54, 1.807) is 0 Å². The molecule has 0 spiro atoms. The normalized spacial score (nSPS) is 21.5. The van der Waals surface area contributed by atoms with Crippen LogP contribution in [-0.4, -0.2) is 32.7 Å². The molecular formula is C11H20BN3O3. The predicted octanol–water partition coefficient (Wildman–Crippen LogP) is 0.892. The van der Waals surface area contributed by atoms with Gasteiger partial charge in [-0.25, -0.2) is 9.48 Å². The second-order valence-electron chi connectivity index (χ2n) is 5.61. The van der Waals surface area contributed by atoms with Crippen LogP contribution < -0.4 is 5.69 Å². The van der Waals surface area contributed by atoms with E-state index in [4.69, 9.17) is 9.31 Å². The fourth-order valence-corrected chi connectivity index (χ4v) is 1.79. The first-order valence-corrected chi connectivity index (χ1v) is 6.28. The van der Waals surface area contributed by atoms with Crippen molar-refractivity contribution in [2.45, 2.75) is 58.8 Å². The number of aromatic nitrogens is 3. The van der Waals surface area contributed by atoms with Crippen LogP contribution >= 0.6 is 0 Å². The lowest BCUT2D eigenvalue weighted by molar-refractivity contribution is 0.00578. The smallest absolute Gasteiger partial charge is 0.384 e. The lowest BCUT2D eigenvalue weighted by Crippen LogP contribution is -2.41. The van der Waals surface area contributed by atoms with Gasteiger partial charge in [0.25, 0.3) is 0 Å². The van der Waals surface area contributed by atoms with Crippen molar-refractivity contribution in [3.05, 3.63) is 16.8 Å². The van der Waals surface area contributed by atoms with Crippen LogP contribution in [0.1, 0.15) is 41.0 Å². The second kappa shape index (κ2) is 4.24. The molecule has 7 heteroatoms. The van der Waals surface area contributed by atoms with Crippen molar-refractivity contribution >= 4 is 7.25 Å². The molecule has 2 heterocycles. The topological polar surface area (TPSA) is 58.3 Å². The lowest BCUT2D eigenvalue weighted by atomic mass is 9.90. The SMILES string of the molecule is CCCn1ncn(B2OC(C)(C)C(C)(C)O2)c1=O. The van der Waals surface area contributed by atoms with Gasteiger partial charge in [0.05, 0.1) is 11.2 Å². The molecule has 0 unspecified atom stereocenters. The van der Waals surface area contributed by atoms with E-state index < -0.39 is 18.5 Å². The molecule has 100 valence electrons. The van der Waals surface area contributed by atoms with Gasteiger partial charge in [0.1, 0.15) is 6.33 Å². The summed E-state index contributed by atoms with van der Waals surface area (Å²) < 4.78 is 14.4. The van der Waals surface area contributed by atoms with E-state index in [1.807, 2.05) is 34.6 Å². The van der Waals surface area contributed by atoms with Crippen LogP contribution in [0.5, 0.6) is 0 Å². The third-order valence-electron chi connectivity index (χ3n) is 3.66. The largest absolute Gasteiger partial charge is 0.603 e. The highest BCUT2D eigenvalue weighted by atomic mass is 16.7. The Morgan fingerprint density at radius 3 is 2.33 bits per heavy atom. The van der Waals surface area contributed by atoms with Gasteiger partial charge in [-0.1, -0.05) is 6.92 Å². The van der Waals surface area contributed by atoms with Gasteiger partial charge in [0, 0.05) is 6.54 Å². The molecule has 1 aliphatic heterocycles. The van der Waals surface area contributed by atoms with Crippen molar-refractivity contribution < 1.29 is 9.31 Å². The molecule has 0 amide bonds. The molecule has 2 rings (SSSR count). The summed E-state index contributed by atoms with van der Waals surface area (Å²) in [7, 11) is -0.701. The van der Waals surface area contributed by atoms with E-state index in [-0.39, 0.29) is 5.69 Å². The second-order valence-corrected chi connectivity index (χ2v) is 5.61. The maximum atomic E-state index is 12.1. The van der Waals surface area contributed by atoms with Crippen molar-refractivity contribution in [1.82, 2.24) is 14.3 Å².